The van der Waals surface area contributed by atoms with E-state index in [4.69, 9.17) is 11.6 Å². The second-order valence-electron chi connectivity index (χ2n) is 10.1. The van der Waals surface area contributed by atoms with E-state index in [2.05, 4.69) is 5.32 Å². The van der Waals surface area contributed by atoms with Crippen LogP contribution in [0.15, 0.2) is 24.3 Å². The summed E-state index contributed by atoms with van der Waals surface area (Å²) in [5, 5.41) is 15.3. The molecule has 2 aliphatic carbocycles. The number of hydrogen-bond acceptors (Lipinski definition) is 3. The highest BCUT2D eigenvalue weighted by Crippen LogP contribution is 2.46. The summed E-state index contributed by atoms with van der Waals surface area (Å²) in [6, 6.07) is 6.91. The summed E-state index contributed by atoms with van der Waals surface area (Å²) in [6.07, 6.45) is 6.51. The Hall–Kier alpha value is -1.59. The first-order valence-electron chi connectivity index (χ1n) is 11.3. The number of hydrogen-bond donors (Lipinski definition) is 2. The van der Waals surface area contributed by atoms with Gasteiger partial charge in [-0.05, 0) is 55.7 Å². The molecule has 1 aliphatic heterocycles. The number of likely N-dealkylation sites (tertiary alicyclic amines) is 1. The van der Waals surface area contributed by atoms with Crippen LogP contribution in [0.25, 0.3) is 0 Å². The summed E-state index contributed by atoms with van der Waals surface area (Å²) >= 11 is 6.02. The highest BCUT2D eigenvalue weighted by Gasteiger charge is 2.51. The van der Waals surface area contributed by atoms with Gasteiger partial charge in [-0.2, -0.15) is 0 Å². The van der Waals surface area contributed by atoms with Gasteiger partial charge in [0.15, 0.2) is 0 Å². The maximum absolute atomic E-state index is 13.4. The molecular weight excluding hydrogens is 400 g/mol. The summed E-state index contributed by atoms with van der Waals surface area (Å²) in [5.74, 6) is 0.372. The number of carbonyl (C=O) groups excluding carboxylic acids is 2. The Morgan fingerprint density at radius 2 is 1.77 bits per heavy atom. The fourth-order valence-electron chi connectivity index (χ4n) is 5.24. The molecule has 2 amide bonds. The number of aliphatic hydroxyl groups is 1. The standard InChI is InChI=1S/C24H33ClN2O3/c1-23(2)15-27(14-13-24(23,30)18-9-11-19(25)12-10-18)22(29)20(16-7-8-16)26-21(28)17-5-3-4-6-17/h9-12,16-17,20,30H,3-8,13-15H2,1-2H3,(H,26,28)/t20-,24+/m1/s1. The van der Waals surface area contributed by atoms with Crippen LogP contribution < -0.4 is 5.32 Å². The second kappa shape index (κ2) is 8.16. The molecule has 0 aromatic heterocycles. The highest BCUT2D eigenvalue weighted by atomic mass is 35.5. The normalized spacial score (nSPS) is 27.7. The van der Waals surface area contributed by atoms with Crippen molar-refractivity contribution < 1.29 is 14.7 Å². The minimum Gasteiger partial charge on any atom is -0.384 e. The van der Waals surface area contributed by atoms with E-state index in [-0.39, 0.29) is 23.7 Å². The first-order valence-corrected chi connectivity index (χ1v) is 11.7. The highest BCUT2D eigenvalue weighted by molar-refractivity contribution is 6.30. The van der Waals surface area contributed by atoms with Gasteiger partial charge < -0.3 is 15.3 Å². The quantitative estimate of drug-likeness (QED) is 0.741. The van der Waals surface area contributed by atoms with Crippen molar-refractivity contribution in [3.8, 4) is 0 Å². The molecule has 5 nitrogen and oxygen atoms in total. The predicted molar refractivity (Wildman–Crippen MR) is 117 cm³/mol. The maximum Gasteiger partial charge on any atom is 0.245 e. The monoisotopic (exact) mass is 432 g/mol. The van der Waals surface area contributed by atoms with E-state index >= 15 is 0 Å². The average Bonchev–Trinajstić information content (AvgIpc) is 3.40. The van der Waals surface area contributed by atoms with E-state index in [1.807, 2.05) is 30.9 Å². The van der Waals surface area contributed by atoms with E-state index in [9.17, 15) is 14.7 Å². The molecule has 30 heavy (non-hydrogen) atoms. The Labute approximate surface area is 184 Å². The smallest absolute Gasteiger partial charge is 0.245 e. The summed E-state index contributed by atoms with van der Waals surface area (Å²) in [7, 11) is 0. The van der Waals surface area contributed by atoms with Gasteiger partial charge >= 0.3 is 0 Å². The number of benzene rings is 1. The number of halogens is 1. The fraction of sp³-hybridized carbons (Fsp3) is 0.667. The van der Waals surface area contributed by atoms with Gasteiger partial charge in [-0.1, -0.05) is 50.4 Å². The molecule has 164 valence electrons. The molecule has 0 bridgehead atoms. The first-order chi connectivity index (χ1) is 14.2. The van der Waals surface area contributed by atoms with Crippen LogP contribution in [-0.4, -0.2) is 41.0 Å². The zero-order valence-corrected chi connectivity index (χ0v) is 18.8. The van der Waals surface area contributed by atoms with Crippen molar-refractivity contribution in [3.05, 3.63) is 34.9 Å². The molecule has 2 atom stereocenters. The summed E-state index contributed by atoms with van der Waals surface area (Å²) in [5.41, 5.74) is -0.730. The van der Waals surface area contributed by atoms with Gasteiger partial charge in [0, 0.05) is 29.4 Å². The van der Waals surface area contributed by atoms with Crippen LogP contribution in [0, 0.1) is 17.3 Å². The zero-order valence-electron chi connectivity index (χ0n) is 18.0. The van der Waals surface area contributed by atoms with Crippen LogP contribution >= 0.6 is 11.6 Å². The van der Waals surface area contributed by atoms with E-state index in [0.717, 1.165) is 44.1 Å². The summed E-state index contributed by atoms with van der Waals surface area (Å²) in [6.45, 7) is 4.94. The van der Waals surface area contributed by atoms with E-state index in [1.165, 1.54) is 0 Å². The Morgan fingerprint density at radius 1 is 1.13 bits per heavy atom. The molecule has 1 aromatic rings. The Bertz CT molecular complexity index is 799. The minimum absolute atomic E-state index is 0.00933. The molecule has 2 saturated carbocycles. The molecule has 3 fully saturated rings. The third-order valence-corrected chi connectivity index (χ3v) is 7.72. The van der Waals surface area contributed by atoms with Crippen LogP contribution in [0.2, 0.25) is 5.02 Å². The molecule has 1 saturated heterocycles. The molecular formula is C24H33ClN2O3. The number of nitrogens with one attached hydrogen (secondary N) is 1. The second-order valence-corrected chi connectivity index (χ2v) is 10.5. The third-order valence-electron chi connectivity index (χ3n) is 7.47. The van der Waals surface area contributed by atoms with E-state index in [1.54, 1.807) is 12.1 Å². The van der Waals surface area contributed by atoms with Crippen LogP contribution in [0.4, 0.5) is 0 Å². The molecule has 0 spiro atoms. The number of piperidine rings is 1. The van der Waals surface area contributed by atoms with Crippen molar-refractivity contribution in [2.75, 3.05) is 13.1 Å². The molecule has 6 heteroatoms. The Kier molecular flexibility index (Phi) is 5.88. The van der Waals surface area contributed by atoms with Gasteiger partial charge in [0.05, 0.1) is 5.60 Å². The molecule has 2 N–H and O–H groups in total. The number of amides is 2. The largest absolute Gasteiger partial charge is 0.384 e. The van der Waals surface area contributed by atoms with Crippen molar-refractivity contribution in [2.45, 2.75) is 70.4 Å². The van der Waals surface area contributed by atoms with Crippen LogP contribution in [0.3, 0.4) is 0 Å². The number of rotatable bonds is 5. The maximum atomic E-state index is 13.4. The van der Waals surface area contributed by atoms with Gasteiger partial charge in [0.1, 0.15) is 6.04 Å². The number of carbonyl (C=O) groups is 2. The lowest BCUT2D eigenvalue weighted by molar-refractivity contribution is -0.156. The van der Waals surface area contributed by atoms with Crippen LogP contribution in [0.1, 0.15) is 64.4 Å². The Balaban J connectivity index is 1.47. The van der Waals surface area contributed by atoms with Crippen molar-refractivity contribution in [2.24, 2.45) is 17.3 Å². The van der Waals surface area contributed by atoms with E-state index < -0.39 is 17.1 Å². The summed E-state index contributed by atoms with van der Waals surface area (Å²) < 4.78 is 0. The van der Waals surface area contributed by atoms with Crippen LogP contribution in [0.5, 0.6) is 0 Å². The van der Waals surface area contributed by atoms with Gasteiger partial charge in [0.25, 0.3) is 0 Å². The first kappa shape index (κ1) is 21.6. The van der Waals surface area contributed by atoms with Crippen molar-refractivity contribution in [1.82, 2.24) is 10.2 Å². The summed E-state index contributed by atoms with van der Waals surface area (Å²) in [4.78, 5) is 28.0. The van der Waals surface area contributed by atoms with Gasteiger partial charge in [-0.3, -0.25) is 9.59 Å². The van der Waals surface area contributed by atoms with Gasteiger partial charge in [0.2, 0.25) is 11.8 Å². The zero-order chi connectivity index (χ0) is 21.5. The molecule has 0 unspecified atom stereocenters. The van der Waals surface area contributed by atoms with Crippen LogP contribution in [-0.2, 0) is 15.2 Å². The lowest BCUT2D eigenvalue weighted by Gasteiger charge is -2.51. The number of nitrogens with zero attached hydrogens (tertiary/aromatic N) is 1. The van der Waals surface area contributed by atoms with Crippen molar-refractivity contribution >= 4 is 23.4 Å². The predicted octanol–water partition coefficient (Wildman–Crippen LogP) is 3.87. The van der Waals surface area contributed by atoms with Gasteiger partial charge in [-0.25, -0.2) is 0 Å². The molecule has 0 radical (unpaired) electrons. The lowest BCUT2D eigenvalue weighted by Crippen LogP contribution is -2.60. The minimum atomic E-state index is -1.03. The average molecular weight is 433 g/mol. The van der Waals surface area contributed by atoms with Crippen molar-refractivity contribution in [1.29, 1.82) is 0 Å². The van der Waals surface area contributed by atoms with E-state index in [0.29, 0.717) is 24.5 Å². The van der Waals surface area contributed by atoms with Crippen molar-refractivity contribution in [3.63, 3.8) is 0 Å². The third kappa shape index (κ3) is 4.11. The SMILES string of the molecule is CC1(C)CN(C(=O)[C@H](NC(=O)C2CCCC2)C2CC2)CC[C@]1(O)c1ccc(Cl)cc1. The molecule has 3 aliphatic rings. The molecule has 1 heterocycles. The molecule has 4 rings (SSSR count). The fourth-order valence-corrected chi connectivity index (χ4v) is 5.36. The topological polar surface area (TPSA) is 69.6 Å². The van der Waals surface area contributed by atoms with Gasteiger partial charge in [-0.15, -0.1) is 0 Å². The molecule has 1 aromatic carbocycles. The Morgan fingerprint density at radius 3 is 2.33 bits per heavy atom. The lowest BCUT2D eigenvalue weighted by atomic mass is 9.66.